The number of methoxy groups -OCH3 is 1. The van der Waals surface area contributed by atoms with Gasteiger partial charge < -0.3 is 23.5 Å². The minimum Gasteiger partial charge on any atom is -0.496 e. The van der Waals surface area contributed by atoms with Gasteiger partial charge in [-0.25, -0.2) is 4.98 Å². The van der Waals surface area contributed by atoms with Gasteiger partial charge in [-0.1, -0.05) is 0 Å². The monoisotopic (exact) mass is 452 g/mol. The Morgan fingerprint density at radius 2 is 2.06 bits per heavy atom. The Morgan fingerprint density at radius 1 is 1.18 bits per heavy atom. The highest BCUT2D eigenvalue weighted by molar-refractivity contribution is 5.80. The number of aromatic nitrogens is 2. The van der Waals surface area contributed by atoms with E-state index in [1.807, 2.05) is 19.1 Å². The van der Waals surface area contributed by atoms with Crippen LogP contribution in [0.15, 0.2) is 41.3 Å². The molecular formula is C25H25FN2O5. The fraction of sp³-hybridized carbons (Fsp3) is 0.360. The molecule has 0 aliphatic carbocycles. The van der Waals surface area contributed by atoms with E-state index in [1.165, 1.54) is 12.3 Å². The standard InChI is InChI=1S/C25H25FN2O5/c1-15-21(33-14-18-13-31-7-8-32-18)11-24(29)28-6-5-16-9-19(17-3-4-23(26)27-12-17)22(30-2)10-20(16)25(15)28/h3-4,9-12,18H,5-8,13-14H2,1-2H3/t18-/m0/s1. The third-order valence-electron chi connectivity index (χ3n) is 6.15. The van der Waals surface area contributed by atoms with E-state index in [4.69, 9.17) is 18.9 Å². The van der Waals surface area contributed by atoms with Gasteiger partial charge in [0, 0.05) is 41.1 Å². The molecule has 0 N–H and O–H groups in total. The number of hydrogen-bond acceptors (Lipinski definition) is 6. The lowest BCUT2D eigenvalue weighted by Gasteiger charge is -2.27. The molecule has 2 aromatic heterocycles. The summed E-state index contributed by atoms with van der Waals surface area (Å²) in [6, 6.07) is 8.54. The Hall–Kier alpha value is -3.23. The van der Waals surface area contributed by atoms with Crippen molar-refractivity contribution in [1.29, 1.82) is 0 Å². The normalized spacial score (nSPS) is 17.2. The SMILES string of the molecule is COc1cc2c(cc1-c1ccc(F)nc1)CCn1c-2c(C)c(OC[C@@H]2COCCO2)cc1=O. The number of aryl methyl sites for hydroxylation is 1. The minimum atomic E-state index is -0.530. The summed E-state index contributed by atoms with van der Waals surface area (Å²) in [4.78, 5) is 16.7. The molecule has 0 radical (unpaired) electrons. The zero-order valence-electron chi connectivity index (χ0n) is 18.6. The third kappa shape index (κ3) is 4.12. The summed E-state index contributed by atoms with van der Waals surface area (Å²) in [6.07, 6.45) is 2.03. The maximum atomic E-state index is 13.3. The van der Waals surface area contributed by atoms with E-state index in [0.29, 0.717) is 50.9 Å². The Balaban J connectivity index is 1.55. The van der Waals surface area contributed by atoms with Gasteiger partial charge in [-0.3, -0.25) is 4.79 Å². The highest BCUT2D eigenvalue weighted by Gasteiger charge is 2.25. The Labute approximate surface area is 190 Å². The van der Waals surface area contributed by atoms with E-state index in [0.717, 1.165) is 33.5 Å². The predicted octanol–water partition coefficient (Wildman–Crippen LogP) is 3.38. The van der Waals surface area contributed by atoms with Crippen molar-refractivity contribution < 1.29 is 23.3 Å². The van der Waals surface area contributed by atoms with Gasteiger partial charge in [-0.15, -0.1) is 0 Å². The maximum absolute atomic E-state index is 13.3. The molecule has 33 heavy (non-hydrogen) atoms. The van der Waals surface area contributed by atoms with E-state index >= 15 is 0 Å². The number of halogens is 1. The van der Waals surface area contributed by atoms with Crippen molar-refractivity contribution in [3.05, 3.63) is 64.0 Å². The molecule has 172 valence electrons. The number of benzene rings is 1. The summed E-state index contributed by atoms with van der Waals surface area (Å²) >= 11 is 0. The number of pyridine rings is 2. The van der Waals surface area contributed by atoms with Crippen LogP contribution in [0.25, 0.3) is 22.4 Å². The second kappa shape index (κ2) is 8.96. The van der Waals surface area contributed by atoms with Crippen LogP contribution in [0, 0.1) is 12.9 Å². The van der Waals surface area contributed by atoms with Crippen LogP contribution in [0.1, 0.15) is 11.1 Å². The molecule has 3 aromatic rings. The lowest BCUT2D eigenvalue weighted by molar-refractivity contribution is -0.101. The van der Waals surface area contributed by atoms with Crippen LogP contribution in [-0.2, 0) is 22.4 Å². The van der Waals surface area contributed by atoms with Gasteiger partial charge in [-0.05, 0) is 43.2 Å². The zero-order valence-corrected chi connectivity index (χ0v) is 18.6. The molecule has 7 nitrogen and oxygen atoms in total. The number of nitrogens with zero attached hydrogens (tertiary/aromatic N) is 2. The number of rotatable bonds is 5. The summed E-state index contributed by atoms with van der Waals surface area (Å²) < 4.78 is 37.9. The molecule has 5 rings (SSSR count). The van der Waals surface area contributed by atoms with Crippen LogP contribution >= 0.6 is 0 Å². The lowest BCUT2D eigenvalue weighted by atomic mass is 9.90. The molecule has 8 heteroatoms. The number of fused-ring (bicyclic) bond motifs is 3. The topological polar surface area (TPSA) is 71.8 Å². The Morgan fingerprint density at radius 3 is 2.79 bits per heavy atom. The third-order valence-corrected chi connectivity index (χ3v) is 6.15. The van der Waals surface area contributed by atoms with Crippen LogP contribution in [0.4, 0.5) is 4.39 Å². The molecule has 1 atom stereocenters. The summed E-state index contributed by atoms with van der Waals surface area (Å²) in [6.45, 7) is 4.44. The highest BCUT2D eigenvalue weighted by atomic mass is 19.1. The van der Waals surface area contributed by atoms with Crippen molar-refractivity contribution in [3.63, 3.8) is 0 Å². The first-order chi connectivity index (χ1) is 16.0. The Kier molecular flexibility index (Phi) is 5.86. The molecule has 2 aliphatic rings. The van der Waals surface area contributed by atoms with Crippen LogP contribution < -0.4 is 15.0 Å². The van der Waals surface area contributed by atoms with Gasteiger partial charge in [0.1, 0.15) is 24.2 Å². The second-order valence-corrected chi connectivity index (χ2v) is 8.18. The fourth-order valence-electron chi connectivity index (χ4n) is 4.48. The second-order valence-electron chi connectivity index (χ2n) is 8.18. The zero-order chi connectivity index (χ0) is 22.9. The Bertz CT molecular complexity index is 1230. The van der Waals surface area contributed by atoms with Crippen molar-refractivity contribution in [2.24, 2.45) is 0 Å². The largest absolute Gasteiger partial charge is 0.496 e. The van der Waals surface area contributed by atoms with Crippen molar-refractivity contribution in [3.8, 4) is 33.9 Å². The first-order valence-corrected chi connectivity index (χ1v) is 10.9. The maximum Gasteiger partial charge on any atom is 0.254 e. The smallest absolute Gasteiger partial charge is 0.254 e. The first kappa shape index (κ1) is 21.6. The van der Waals surface area contributed by atoms with Gasteiger partial charge in [-0.2, -0.15) is 4.39 Å². The average Bonchev–Trinajstić information content (AvgIpc) is 2.85. The molecule has 0 amide bonds. The summed E-state index contributed by atoms with van der Waals surface area (Å²) in [5.74, 6) is 0.637. The quantitative estimate of drug-likeness (QED) is 0.553. The molecule has 4 heterocycles. The molecule has 1 saturated heterocycles. The molecule has 0 unspecified atom stereocenters. The summed E-state index contributed by atoms with van der Waals surface area (Å²) in [5, 5.41) is 0. The van der Waals surface area contributed by atoms with E-state index in [-0.39, 0.29) is 11.7 Å². The molecular weight excluding hydrogens is 427 g/mol. The fourth-order valence-corrected chi connectivity index (χ4v) is 4.48. The molecule has 1 aromatic carbocycles. The molecule has 0 spiro atoms. The predicted molar refractivity (Wildman–Crippen MR) is 120 cm³/mol. The van der Waals surface area contributed by atoms with Gasteiger partial charge >= 0.3 is 0 Å². The summed E-state index contributed by atoms with van der Waals surface area (Å²) in [5.41, 5.74) is 5.20. The van der Waals surface area contributed by atoms with E-state index in [1.54, 1.807) is 23.8 Å². The van der Waals surface area contributed by atoms with Crippen molar-refractivity contribution in [2.45, 2.75) is 26.0 Å². The molecule has 0 bridgehead atoms. The van der Waals surface area contributed by atoms with Crippen molar-refractivity contribution in [2.75, 3.05) is 33.5 Å². The van der Waals surface area contributed by atoms with Gasteiger partial charge in [0.05, 0.1) is 32.6 Å². The van der Waals surface area contributed by atoms with Gasteiger partial charge in [0.25, 0.3) is 5.56 Å². The number of ether oxygens (including phenoxy) is 4. The molecule has 0 saturated carbocycles. The highest BCUT2D eigenvalue weighted by Crippen LogP contribution is 2.41. The summed E-state index contributed by atoms with van der Waals surface area (Å²) in [7, 11) is 1.59. The van der Waals surface area contributed by atoms with Crippen LogP contribution in [0.5, 0.6) is 11.5 Å². The van der Waals surface area contributed by atoms with E-state index in [2.05, 4.69) is 4.98 Å². The molecule has 1 fully saturated rings. The van der Waals surface area contributed by atoms with Crippen LogP contribution in [0.2, 0.25) is 0 Å². The van der Waals surface area contributed by atoms with Crippen molar-refractivity contribution in [1.82, 2.24) is 9.55 Å². The minimum absolute atomic E-state index is 0.108. The van der Waals surface area contributed by atoms with Gasteiger partial charge in [0.15, 0.2) is 0 Å². The average molecular weight is 452 g/mol. The lowest BCUT2D eigenvalue weighted by Crippen LogP contribution is -2.34. The first-order valence-electron chi connectivity index (χ1n) is 10.9. The van der Waals surface area contributed by atoms with Crippen LogP contribution in [0.3, 0.4) is 0 Å². The van der Waals surface area contributed by atoms with E-state index in [9.17, 15) is 9.18 Å². The number of hydrogen-bond donors (Lipinski definition) is 0. The van der Waals surface area contributed by atoms with Crippen LogP contribution in [-0.4, -0.2) is 49.2 Å². The molecule has 2 aliphatic heterocycles. The van der Waals surface area contributed by atoms with E-state index < -0.39 is 5.95 Å². The van der Waals surface area contributed by atoms with Crippen molar-refractivity contribution >= 4 is 0 Å². The van der Waals surface area contributed by atoms with Gasteiger partial charge in [0.2, 0.25) is 5.95 Å².